The molecule has 4 nitrogen and oxygen atoms in total. The summed E-state index contributed by atoms with van der Waals surface area (Å²) in [4.78, 5) is 17.0. The summed E-state index contributed by atoms with van der Waals surface area (Å²) in [5.74, 6) is 0.0156. The van der Waals surface area contributed by atoms with E-state index in [0.29, 0.717) is 6.54 Å². The van der Waals surface area contributed by atoms with E-state index < -0.39 is 0 Å². The van der Waals surface area contributed by atoms with Crippen molar-refractivity contribution < 1.29 is 4.79 Å². The Morgan fingerprint density at radius 2 is 1.70 bits per heavy atom. The minimum absolute atomic E-state index is 0.0156. The third-order valence-electron chi connectivity index (χ3n) is 5.22. The molecule has 1 saturated heterocycles. The van der Waals surface area contributed by atoms with E-state index in [4.69, 9.17) is 0 Å². The molecular weight excluding hydrogens is 334 g/mol. The molecule has 4 heteroatoms. The Morgan fingerprint density at radius 1 is 1.00 bits per heavy atom. The van der Waals surface area contributed by atoms with Crippen LogP contribution >= 0.6 is 0 Å². The van der Waals surface area contributed by atoms with Crippen LogP contribution in [-0.4, -0.2) is 44.0 Å². The summed E-state index contributed by atoms with van der Waals surface area (Å²) in [6.07, 6.45) is 4.89. The maximum atomic E-state index is 12.3. The van der Waals surface area contributed by atoms with Gasteiger partial charge in [-0.2, -0.15) is 0 Å². The van der Waals surface area contributed by atoms with Gasteiger partial charge in [0.15, 0.2) is 0 Å². The van der Waals surface area contributed by atoms with Gasteiger partial charge in [0.25, 0.3) is 5.91 Å². The van der Waals surface area contributed by atoms with Gasteiger partial charge in [-0.1, -0.05) is 36.8 Å². The second kappa shape index (κ2) is 10.1. The average Bonchev–Trinajstić information content (AvgIpc) is 2.73. The molecule has 0 bridgehead atoms. The van der Waals surface area contributed by atoms with E-state index in [-0.39, 0.29) is 5.91 Å². The summed E-state index contributed by atoms with van der Waals surface area (Å²) in [6, 6.07) is 18.4. The maximum Gasteiger partial charge on any atom is 0.251 e. The van der Waals surface area contributed by atoms with Gasteiger partial charge in [0.05, 0.1) is 0 Å². The Bertz CT molecular complexity index is 693. The van der Waals surface area contributed by atoms with Crippen molar-refractivity contribution in [2.24, 2.45) is 0 Å². The molecule has 0 aliphatic carbocycles. The van der Waals surface area contributed by atoms with E-state index >= 15 is 0 Å². The van der Waals surface area contributed by atoms with Crippen LogP contribution in [0.4, 0.5) is 5.69 Å². The number of hydrogen-bond donors (Lipinski definition) is 1. The number of benzene rings is 2. The number of hydrogen-bond acceptors (Lipinski definition) is 3. The number of carbonyl (C=O) groups is 1. The summed E-state index contributed by atoms with van der Waals surface area (Å²) < 4.78 is 0. The van der Waals surface area contributed by atoms with Crippen LogP contribution in [0.5, 0.6) is 0 Å². The fraction of sp³-hybridized carbons (Fsp3) is 0.435. The van der Waals surface area contributed by atoms with Gasteiger partial charge < -0.3 is 10.2 Å². The molecule has 0 saturated carbocycles. The lowest BCUT2D eigenvalue weighted by Gasteiger charge is -2.26. The number of nitrogens with zero attached hydrogens (tertiary/aromatic N) is 2. The van der Waals surface area contributed by atoms with E-state index in [2.05, 4.69) is 46.4 Å². The topological polar surface area (TPSA) is 35.6 Å². The molecule has 2 aromatic rings. The predicted molar refractivity (Wildman–Crippen MR) is 112 cm³/mol. The fourth-order valence-corrected chi connectivity index (χ4v) is 3.57. The Labute approximate surface area is 163 Å². The normalized spacial score (nSPS) is 14.7. The van der Waals surface area contributed by atoms with Crippen LogP contribution in [0, 0.1) is 0 Å². The summed E-state index contributed by atoms with van der Waals surface area (Å²) in [7, 11) is 2.08. The molecule has 0 atom stereocenters. The van der Waals surface area contributed by atoms with Gasteiger partial charge in [0, 0.05) is 37.9 Å². The van der Waals surface area contributed by atoms with Gasteiger partial charge in [-0.25, -0.2) is 0 Å². The first-order chi connectivity index (χ1) is 13.2. The van der Waals surface area contributed by atoms with Crippen molar-refractivity contribution in [2.75, 3.05) is 38.1 Å². The third-order valence-corrected chi connectivity index (χ3v) is 5.22. The van der Waals surface area contributed by atoms with Gasteiger partial charge in [-0.05, 0) is 62.2 Å². The molecule has 0 aromatic heterocycles. The zero-order chi connectivity index (χ0) is 18.9. The molecule has 1 heterocycles. The lowest BCUT2D eigenvalue weighted by molar-refractivity contribution is 0.0953. The Kier molecular flexibility index (Phi) is 7.28. The molecule has 144 valence electrons. The first-order valence-electron chi connectivity index (χ1n) is 10.1. The van der Waals surface area contributed by atoms with Gasteiger partial charge >= 0.3 is 0 Å². The molecule has 1 N–H and O–H groups in total. The monoisotopic (exact) mass is 365 g/mol. The van der Waals surface area contributed by atoms with Crippen LogP contribution in [0.3, 0.4) is 0 Å². The molecule has 1 aliphatic heterocycles. The zero-order valence-electron chi connectivity index (χ0n) is 16.4. The number of nitrogens with one attached hydrogen (secondary N) is 1. The van der Waals surface area contributed by atoms with Gasteiger partial charge in [-0.3, -0.25) is 9.69 Å². The van der Waals surface area contributed by atoms with Crippen molar-refractivity contribution in [3.05, 3.63) is 65.7 Å². The first-order valence-corrected chi connectivity index (χ1v) is 10.1. The highest BCUT2D eigenvalue weighted by atomic mass is 16.1. The smallest absolute Gasteiger partial charge is 0.251 e. The van der Waals surface area contributed by atoms with Gasteiger partial charge in [0.1, 0.15) is 0 Å². The van der Waals surface area contributed by atoms with Gasteiger partial charge in [-0.15, -0.1) is 0 Å². The molecule has 3 rings (SSSR count). The molecule has 1 amide bonds. The van der Waals surface area contributed by atoms with E-state index in [9.17, 15) is 4.79 Å². The summed E-state index contributed by atoms with van der Waals surface area (Å²) in [5.41, 5.74) is 3.24. The Balaban J connectivity index is 1.39. The molecule has 0 radical (unpaired) electrons. The second-order valence-electron chi connectivity index (χ2n) is 7.40. The highest BCUT2D eigenvalue weighted by molar-refractivity contribution is 5.94. The van der Waals surface area contributed by atoms with Crippen molar-refractivity contribution in [3.63, 3.8) is 0 Å². The molecule has 27 heavy (non-hydrogen) atoms. The second-order valence-corrected chi connectivity index (χ2v) is 7.40. The lowest BCUT2D eigenvalue weighted by atomic mass is 10.1. The third kappa shape index (κ3) is 6.10. The molecule has 1 fully saturated rings. The Morgan fingerprint density at radius 3 is 2.41 bits per heavy atom. The number of likely N-dealkylation sites (tertiary alicyclic amines) is 1. The highest BCUT2D eigenvalue weighted by Crippen LogP contribution is 2.14. The average molecular weight is 366 g/mol. The van der Waals surface area contributed by atoms with Crippen molar-refractivity contribution in [3.8, 4) is 0 Å². The summed E-state index contributed by atoms with van der Waals surface area (Å²) >= 11 is 0. The standard InChI is InChI=1S/C23H31N3O/c1-25(22-9-4-2-5-10-22)16-8-15-24-23(27)21-13-11-20(12-14-21)19-26-17-6-3-7-18-26/h2,4-5,9-14H,3,6-8,15-19H2,1H3,(H,24,27). The first kappa shape index (κ1) is 19.4. The quantitative estimate of drug-likeness (QED) is 0.720. The number of piperidine rings is 1. The van der Waals surface area contributed by atoms with Crippen LogP contribution in [0.25, 0.3) is 0 Å². The van der Waals surface area contributed by atoms with Crippen LogP contribution in [-0.2, 0) is 6.54 Å². The molecule has 0 unspecified atom stereocenters. The SMILES string of the molecule is CN(CCCNC(=O)c1ccc(CN2CCCCC2)cc1)c1ccccc1. The summed E-state index contributed by atoms with van der Waals surface area (Å²) in [6.45, 7) is 4.98. The number of amides is 1. The lowest BCUT2D eigenvalue weighted by Crippen LogP contribution is -2.29. The van der Waals surface area contributed by atoms with E-state index in [1.165, 1.54) is 43.6 Å². The van der Waals surface area contributed by atoms with Crippen LogP contribution < -0.4 is 10.2 Å². The zero-order valence-corrected chi connectivity index (χ0v) is 16.4. The minimum atomic E-state index is 0.0156. The molecule has 1 aliphatic rings. The Hall–Kier alpha value is -2.33. The van der Waals surface area contributed by atoms with Gasteiger partial charge in [0.2, 0.25) is 0 Å². The van der Waals surface area contributed by atoms with Crippen LogP contribution in [0.2, 0.25) is 0 Å². The van der Waals surface area contributed by atoms with Crippen molar-refractivity contribution in [1.29, 1.82) is 0 Å². The summed E-state index contributed by atoms with van der Waals surface area (Å²) in [5, 5.41) is 3.03. The van der Waals surface area contributed by atoms with Crippen molar-refractivity contribution in [1.82, 2.24) is 10.2 Å². The minimum Gasteiger partial charge on any atom is -0.375 e. The molecular formula is C23H31N3O. The maximum absolute atomic E-state index is 12.3. The van der Waals surface area contributed by atoms with E-state index in [0.717, 1.165) is 25.1 Å². The number of para-hydroxylation sites is 1. The fourth-order valence-electron chi connectivity index (χ4n) is 3.57. The van der Waals surface area contributed by atoms with Crippen molar-refractivity contribution in [2.45, 2.75) is 32.2 Å². The number of anilines is 1. The van der Waals surface area contributed by atoms with E-state index in [1.807, 2.05) is 30.3 Å². The highest BCUT2D eigenvalue weighted by Gasteiger charge is 2.11. The molecule has 0 spiro atoms. The number of carbonyl (C=O) groups excluding carboxylic acids is 1. The molecule has 2 aromatic carbocycles. The van der Waals surface area contributed by atoms with E-state index in [1.54, 1.807) is 0 Å². The predicted octanol–water partition coefficient (Wildman–Crippen LogP) is 3.93. The van der Waals surface area contributed by atoms with Crippen LogP contribution in [0.15, 0.2) is 54.6 Å². The van der Waals surface area contributed by atoms with Crippen molar-refractivity contribution >= 4 is 11.6 Å². The largest absolute Gasteiger partial charge is 0.375 e. The number of rotatable bonds is 8. The van der Waals surface area contributed by atoms with Crippen LogP contribution in [0.1, 0.15) is 41.6 Å².